The van der Waals surface area contributed by atoms with Crippen molar-refractivity contribution in [2.24, 2.45) is 0 Å². The number of rotatable bonds is 2. The maximum Gasteiger partial charge on any atom is 0.292 e. The molecule has 4 nitrogen and oxygen atoms in total. The minimum absolute atomic E-state index is 0.101. The Kier molecular flexibility index (Phi) is 2.37. The van der Waals surface area contributed by atoms with Crippen LogP contribution in [0.2, 0.25) is 5.35 Å². The molecule has 0 saturated carbocycles. The summed E-state index contributed by atoms with van der Waals surface area (Å²) in [5, 5.41) is 0.101. The van der Waals surface area contributed by atoms with E-state index >= 15 is 0 Å². The van der Waals surface area contributed by atoms with Gasteiger partial charge < -0.3 is 9.15 Å². The topological polar surface area (TPSA) is 48.2 Å². The first-order valence-corrected chi connectivity index (χ1v) is 4.30. The minimum Gasteiger partial charge on any atom is -0.481 e. The van der Waals surface area contributed by atoms with E-state index in [4.69, 9.17) is 20.8 Å². The van der Waals surface area contributed by atoms with E-state index in [-0.39, 0.29) is 5.35 Å². The first kappa shape index (κ1) is 9.02. The van der Waals surface area contributed by atoms with Gasteiger partial charge in [-0.3, -0.25) is 0 Å². The van der Waals surface area contributed by atoms with Gasteiger partial charge in [0.1, 0.15) is 5.69 Å². The molecule has 0 aliphatic rings. The summed E-state index contributed by atoms with van der Waals surface area (Å²) in [6, 6.07) is 5.36. The molecule has 0 aliphatic carbocycles. The Morgan fingerprint density at radius 1 is 1.43 bits per heavy atom. The second-order valence-corrected chi connectivity index (χ2v) is 2.87. The fourth-order valence-electron chi connectivity index (χ4n) is 1.04. The molecule has 2 aromatic rings. The van der Waals surface area contributed by atoms with E-state index in [1.807, 2.05) is 6.07 Å². The van der Waals surface area contributed by atoms with Crippen LogP contribution in [0.3, 0.4) is 0 Å². The van der Waals surface area contributed by atoms with Crippen molar-refractivity contribution in [3.63, 3.8) is 0 Å². The number of hydrogen-bond acceptors (Lipinski definition) is 4. The number of pyridine rings is 1. The van der Waals surface area contributed by atoms with Crippen LogP contribution in [0.15, 0.2) is 28.8 Å². The van der Waals surface area contributed by atoms with Crippen molar-refractivity contribution in [1.82, 2.24) is 9.97 Å². The molecule has 0 spiro atoms. The summed E-state index contributed by atoms with van der Waals surface area (Å²) in [5.41, 5.74) is 0.642. The first-order chi connectivity index (χ1) is 6.79. The third-order valence-electron chi connectivity index (χ3n) is 1.66. The van der Waals surface area contributed by atoms with Crippen LogP contribution in [0.25, 0.3) is 11.5 Å². The second kappa shape index (κ2) is 3.67. The second-order valence-electron chi connectivity index (χ2n) is 2.54. The number of aromatic nitrogens is 2. The number of nitrogens with zero attached hydrogens (tertiary/aromatic N) is 2. The summed E-state index contributed by atoms with van der Waals surface area (Å²) in [4.78, 5) is 7.93. The average Bonchev–Trinajstić information content (AvgIpc) is 2.65. The van der Waals surface area contributed by atoms with Gasteiger partial charge in [0, 0.05) is 6.07 Å². The Morgan fingerprint density at radius 3 is 2.93 bits per heavy atom. The lowest BCUT2D eigenvalue weighted by Crippen LogP contribution is -1.88. The summed E-state index contributed by atoms with van der Waals surface area (Å²) in [6.07, 6.45) is 1.52. The molecule has 0 radical (unpaired) electrons. The van der Waals surface area contributed by atoms with E-state index in [1.165, 1.54) is 6.20 Å². The van der Waals surface area contributed by atoms with Crippen LogP contribution in [-0.2, 0) is 0 Å². The molecule has 0 N–H and O–H groups in total. The van der Waals surface area contributed by atoms with Gasteiger partial charge in [0.25, 0.3) is 5.35 Å². The molecule has 0 aliphatic heterocycles. The van der Waals surface area contributed by atoms with Crippen LogP contribution in [0.1, 0.15) is 0 Å². The molecule has 2 heterocycles. The van der Waals surface area contributed by atoms with Crippen LogP contribution in [0.5, 0.6) is 5.88 Å². The summed E-state index contributed by atoms with van der Waals surface area (Å²) in [7, 11) is 1.56. The third-order valence-corrected chi connectivity index (χ3v) is 1.84. The molecule has 0 saturated heterocycles. The number of methoxy groups -OCH3 is 1. The van der Waals surface area contributed by atoms with Crippen molar-refractivity contribution >= 4 is 11.6 Å². The van der Waals surface area contributed by atoms with E-state index in [9.17, 15) is 0 Å². The zero-order chi connectivity index (χ0) is 9.97. The molecular formula is C9H7ClN2O2. The fraction of sp³-hybridized carbons (Fsp3) is 0.111. The predicted molar refractivity (Wildman–Crippen MR) is 51.3 cm³/mol. The molecule has 0 amide bonds. The van der Waals surface area contributed by atoms with Crippen LogP contribution < -0.4 is 4.74 Å². The van der Waals surface area contributed by atoms with Gasteiger partial charge in [-0.2, -0.15) is 0 Å². The van der Waals surface area contributed by atoms with Gasteiger partial charge >= 0.3 is 0 Å². The molecule has 5 heteroatoms. The average molecular weight is 211 g/mol. The SMILES string of the molecule is COc1cccc(-c2cnc(Cl)o2)n1. The van der Waals surface area contributed by atoms with Crippen LogP contribution in [-0.4, -0.2) is 17.1 Å². The summed E-state index contributed by atoms with van der Waals surface area (Å²) in [5.74, 6) is 1.05. The van der Waals surface area contributed by atoms with Gasteiger partial charge in [-0.15, -0.1) is 0 Å². The van der Waals surface area contributed by atoms with Crippen molar-refractivity contribution in [2.75, 3.05) is 7.11 Å². The number of ether oxygens (including phenoxy) is 1. The zero-order valence-electron chi connectivity index (χ0n) is 7.40. The molecule has 2 aromatic heterocycles. The van der Waals surface area contributed by atoms with Crippen molar-refractivity contribution in [3.8, 4) is 17.3 Å². The lowest BCUT2D eigenvalue weighted by molar-refractivity contribution is 0.398. The van der Waals surface area contributed by atoms with E-state index in [0.717, 1.165) is 0 Å². The molecular weight excluding hydrogens is 204 g/mol. The van der Waals surface area contributed by atoms with Gasteiger partial charge in [0.15, 0.2) is 5.76 Å². The summed E-state index contributed by atoms with van der Waals surface area (Å²) in [6.45, 7) is 0. The van der Waals surface area contributed by atoms with E-state index < -0.39 is 0 Å². The third kappa shape index (κ3) is 1.70. The van der Waals surface area contributed by atoms with Crippen LogP contribution in [0.4, 0.5) is 0 Å². The lowest BCUT2D eigenvalue weighted by Gasteiger charge is -1.99. The van der Waals surface area contributed by atoms with Crippen molar-refractivity contribution in [2.45, 2.75) is 0 Å². The van der Waals surface area contributed by atoms with Gasteiger partial charge in [-0.05, 0) is 17.7 Å². The summed E-state index contributed by atoms with van der Waals surface area (Å²) >= 11 is 5.55. The van der Waals surface area contributed by atoms with Gasteiger partial charge in [0.2, 0.25) is 5.88 Å². The Labute approximate surface area is 85.5 Å². The molecule has 0 aromatic carbocycles. The van der Waals surface area contributed by atoms with E-state index in [0.29, 0.717) is 17.3 Å². The van der Waals surface area contributed by atoms with E-state index in [1.54, 1.807) is 19.2 Å². The molecule has 72 valence electrons. The highest BCUT2D eigenvalue weighted by atomic mass is 35.5. The molecule has 0 bridgehead atoms. The quantitative estimate of drug-likeness (QED) is 0.764. The zero-order valence-corrected chi connectivity index (χ0v) is 8.15. The maximum absolute atomic E-state index is 5.55. The molecule has 0 unspecified atom stereocenters. The number of hydrogen-bond donors (Lipinski definition) is 0. The van der Waals surface area contributed by atoms with Gasteiger partial charge in [-0.25, -0.2) is 9.97 Å². The molecule has 2 rings (SSSR count). The highest BCUT2D eigenvalue weighted by molar-refractivity contribution is 6.27. The first-order valence-electron chi connectivity index (χ1n) is 3.92. The number of halogens is 1. The van der Waals surface area contributed by atoms with Gasteiger partial charge in [-0.1, -0.05) is 6.07 Å². The normalized spacial score (nSPS) is 10.1. The maximum atomic E-state index is 5.55. The van der Waals surface area contributed by atoms with Crippen LogP contribution >= 0.6 is 11.6 Å². The molecule has 14 heavy (non-hydrogen) atoms. The molecule has 0 fully saturated rings. The minimum atomic E-state index is 0.101. The Hall–Kier alpha value is -1.55. The fourth-order valence-corrected chi connectivity index (χ4v) is 1.17. The van der Waals surface area contributed by atoms with Crippen molar-refractivity contribution in [1.29, 1.82) is 0 Å². The Bertz CT molecular complexity index is 442. The monoisotopic (exact) mass is 210 g/mol. The summed E-state index contributed by atoms with van der Waals surface area (Å²) < 4.78 is 10.1. The van der Waals surface area contributed by atoms with Crippen molar-refractivity contribution in [3.05, 3.63) is 29.7 Å². The Balaban J connectivity index is 2.41. The van der Waals surface area contributed by atoms with Crippen molar-refractivity contribution < 1.29 is 9.15 Å². The smallest absolute Gasteiger partial charge is 0.292 e. The van der Waals surface area contributed by atoms with Crippen LogP contribution in [0, 0.1) is 0 Å². The standard InChI is InChI=1S/C9H7ClN2O2/c1-13-8-4-2-3-6(12-8)7-5-11-9(10)14-7/h2-5H,1H3. The molecule has 0 atom stereocenters. The van der Waals surface area contributed by atoms with Gasteiger partial charge in [0.05, 0.1) is 13.3 Å². The lowest BCUT2D eigenvalue weighted by atomic mass is 10.3. The largest absolute Gasteiger partial charge is 0.481 e. The predicted octanol–water partition coefficient (Wildman–Crippen LogP) is 2.40. The number of oxazole rings is 1. The Morgan fingerprint density at radius 2 is 2.29 bits per heavy atom. The van der Waals surface area contributed by atoms with E-state index in [2.05, 4.69) is 9.97 Å². The highest BCUT2D eigenvalue weighted by Crippen LogP contribution is 2.22. The highest BCUT2D eigenvalue weighted by Gasteiger charge is 2.06.